The van der Waals surface area contributed by atoms with Crippen LogP contribution in [0.1, 0.15) is 11.1 Å². The highest BCUT2D eigenvalue weighted by Crippen LogP contribution is 2.29. The fourth-order valence-corrected chi connectivity index (χ4v) is 2.33. The predicted molar refractivity (Wildman–Crippen MR) is 89.6 cm³/mol. The van der Waals surface area contributed by atoms with E-state index in [0.29, 0.717) is 17.2 Å². The largest absolute Gasteiger partial charge is 0.497 e. The summed E-state index contributed by atoms with van der Waals surface area (Å²) in [6.45, 7) is 1.95. The molecule has 0 bridgehead atoms. The lowest BCUT2D eigenvalue weighted by atomic mass is 10.1. The van der Waals surface area contributed by atoms with E-state index in [2.05, 4.69) is 5.32 Å². The molecule has 1 N–H and O–H groups in total. The summed E-state index contributed by atoms with van der Waals surface area (Å²) in [7, 11) is 4.76. The van der Waals surface area contributed by atoms with Crippen molar-refractivity contribution in [1.29, 1.82) is 0 Å². The van der Waals surface area contributed by atoms with Crippen molar-refractivity contribution in [1.82, 2.24) is 0 Å². The maximum atomic E-state index is 12.2. The lowest BCUT2D eigenvalue weighted by Gasteiger charge is -2.12. The second-order valence-corrected chi connectivity index (χ2v) is 5.10. The van der Waals surface area contributed by atoms with Crippen molar-refractivity contribution in [2.75, 3.05) is 26.6 Å². The molecular formula is C18H21NO4. The van der Waals surface area contributed by atoms with Gasteiger partial charge in [-0.15, -0.1) is 0 Å². The van der Waals surface area contributed by atoms with Crippen LogP contribution in [-0.2, 0) is 11.2 Å². The zero-order chi connectivity index (χ0) is 16.8. The third-order valence-corrected chi connectivity index (χ3v) is 3.51. The Morgan fingerprint density at radius 3 is 2.30 bits per heavy atom. The lowest BCUT2D eigenvalue weighted by Crippen LogP contribution is -2.15. The van der Waals surface area contributed by atoms with Gasteiger partial charge in [0.1, 0.15) is 17.2 Å². The van der Waals surface area contributed by atoms with E-state index in [0.717, 1.165) is 16.9 Å². The van der Waals surface area contributed by atoms with Crippen LogP contribution in [0.4, 0.5) is 5.69 Å². The average Bonchev–Trinajstić information content (AvgIpc) is 2.55. The van der Waals surface area contributed by atoms with Crippen LogP contribution in [0.3, 0.4) is 0 Å². The first-order valence-corrected chi connectivity index (χ1v) is 7.22. The smallest absolute Gasteiger partial charge is 0.228 e. The molecule has 0 aliphatic heterocycles. The quantitative estimate of drug-likeness (QED) is 0.889. The number of amides is 1. The minimum absolute atomic E-state index is 0.113. The Bertz CT molecular complexity index is 697. The molecule has 122 valence electrons. The molecule has 2 rings (SSSR count). The monoisotopic (exact) mass is 315 g/mol. The van der Waals surface area contributed by atoms with E-state index < -0.39 is 0 Å². The molecule has 0 saturated heterocycles. The van der Waals surface area contributed by atoms with Crippen LogP contribution in [0.15, 0.2) is 36.4 Å². The Morgan fingerprint density at radius 1 is 0.957 bits per heavy atom. The summed E-state index contributed by atoms with van der Waals surface area (Å²) < 4.78 is 15.6. The fraction of sp³-hybridized carbons (Fsp3) is 0.278. The number of nitrogens with one attached hydrogen (secondary N) is 1. The molecule has 0 saturated carbocycles. The van der Waals surface area contributed by atoms with Gasteiger partial charge >= 0.3 is 0 Å². The SMILES string of the molecule is COc1ccc(NC(=O)Cc2ccc(OC)c(C)c2)c(OC)c1. The van der Waals surface area contributed by atoms with Crippen LogP contribution >= 0.6 is 0 Å². The first kappa shape index (κ1) is 16.7. The number of rotatable bonds is 6. The van der Waals surface area contributed by atoms with Crippen molar-refractivity contribution in [3.63, 3.8) is 0 Å². The Hall–Kier alpha value is -2.69. The van der Waals surface area contributed by atoms with Crippen molar-refractivity contribution in [3.8, 4) is 17.2 Å². The highest BCUT2D eigenvalue weighted by molar-refractivity contribution is 5.93. The molecule has 0 unspecified atom stereocenters. The number of anilines is 1. The number of ether oxygens (including phenoxy) is 3. The fourth-order valence-electron chi connectivity index (χ4n) is 2.33. The van der Waals surface area contributed by atoms with Gasteiger partial charge in [-0.05, 0) is 36.2 Å². The Morgan fingerprint density at radius 2 is 1.70 bits per heavy atom. The predicted octanol–water partition coefficient (Wildman–Crippen LogP) is 3.20. The molecule has 5 heteroatoms. The number of methoxy groups -OCH3 is 3. The molecular weight excluding hydrogens is 294 g/mol. The van der Waals surface area contributed by atoms with Gasteiger partial charge in [-0.2, -0.15) is 0 Å². The van der Waals surface area contributed by atoms with Crippen LogP contribution < -0.4 is 19.5 Å². The van der Waals surface area contributed by atoms with Gasteiger partial charge in [0.2, 0.25) is 5.91 Å². The topological polar surface area (TPSA) is 56.8 Å². The molecule has 0 aromatic heterocycles. The van der Waals surface area contributed by atoms with Crippen molar-refractivity contribution < 1.29 is 19.0 Å². The van der Waals surface area contributed by atoms with Crippen LogP contribution in [0.25, 0.3) is 0 Å². The summed E-state index contributed by atoms with van der Waals surface area (Å²) in [4.78, 5) is 12.2. The Labute approximate surface area is 136 Å². The van der Waals surface area contributed by atoms with Crippen molar-refractivity contribution in [2.24, 2.45) is 0 Å². The summed E-state index contributed by atoms with van der Waals surface area (Å²) in [6.07, 6.45) is 0.278. The van der Waals surface area contributed by atoms with Gasteiger partial charge < -0.3 is 19.5 Å². The van der Waals surface area contributed by atoms with Gasteiger partial charge in [0.05, 0.1) is 33.4 Å². The van der Waals surface area contributed by atoms with Gasteiger partial charge in [0.25, 0.3) is 0 Å². The molecule has 0 heterocycles. The number of hydrogen-bond donors (Lipinski definition) is 1. The molecule has 0 spiro atoms. The minimum atomic E-state index is -0.113. The summed E-state index contributed by atoms with van der Waals surface area (Å²) in [5, 5.41) is 2.86. The van der Waals surface area contributed by atoms with Gasteiger partial charge in [-0.3, -0.25) is 4.79 Å². The minimum Gasteiger partial charge on any atom is -0.497 e. The first-order valence-electron chi connectivity index (χ1n) is 7.22. The molecule has 0 radical (unpaired) electrons. The average molecular weight is 315 g/mol. The van der Waals surface area contributed by atoms with E-state index in [-0.39, 0.29) is 12.3 Å². The molecule has 0 atom stereocenters. The van der Waals surface area contributed by atoms with E-state index in [1.807, 2.05) is 25.1 Å². The van der Waals surface area contributed by atoms with Gasteiger partial charge in [-0.25, -0.2) is 0 Å². The van der Waals surface area contributed by atoms with Crippen LogP contribution in [0.2, 0.25) is 0 Å². The van der Waals surface area contributed by atoms with Gasteiger partial charge in [0, 0.05) is 6.07 Å². The second kappa shape index (κ2) is 7.54. The summed E-state index contributed by atoms with van der Waals surface area (Å²) in [5.41, 5.74) is 2.54. The molecule has 0 fully saturated rings. The lowest BCUT2D eigenvalue weighted by molar-refractivity contribution is -0.115. The van der Waals surface area contributed by atoms with Crippen LogP contribution in [0, 0.1) is 6.92 Å². The molecule has 2 aromatic carbocycles. The van der Waals surface area contributed by atoms with E-state index in [9.17, 15) is 4.79 Å². The molecule has 0 aliphatic rings. The molecule has 23 heavy (non-hydrogen) atoms. The maximum absolute atomic E-state index is 12.2. The Kier molecular flexibility index (Phi) is 5.46. The first-order chi connectivity index (χ1) is 11.1. The molecule has 2 aromatic rings. The van der Waals surface area contributed by atoms with E-state index in [4.69, 9.17) is 14.2 Å². The van der Waals surface area contributed by atoms with Crippen molar-refractivity contribution in [3.05, 3.63) is 47.5 Å². The third-order valence-electron chi connectivity index (χ3n) is 3.51. The third kappa shape index (κ3) is 4.16. The summed E-state index contributed by atoms with van der Waals surface area (Å²) in [6, 6.07) is 11.0. The number of carbonyl (C=O) groups is 1. The van der Waals surface area contributed by atoms with Crippen LogP contribution in [0.5, 0.6) is 17.2 Å². The highest BCUT2D eigenvalue weighted by atomic mass is 16.5. The van der Waals surface area contributed by atoms with E-state index in [1.165, 1.54) is 0 Å². The molecule has 1 amide bonds. The second-order valence-electron chi connectivity index (χ2n) is 5.10. The standard InChI is InChI=1S/C18H21NO4/c1-12-9-13(5-8-16(12)22-3)10-18(20)19-15-7-6-14(21-2)11-17(15)23-4/h5-9,11H,10H2,1-4H3,(H,19,20). The molecule has 5 nitrogen and oxygen atoms in total. The van der Waals surface area contributed by atoms with Crippen LogP contribution in [-0.4, -0.2) is 27.2 Å². The van der Waals surface area contributed by atoms with E-state index in [1.54, 1.807) is 39.5 Å². The van der Waals surface area contributed by atoms with Crippen molar-refractivity contribution >= 4 is 11.6 Å². The number of hydrogen-bond acceptors (Lipinski definition) is 4. The number of carbonyl (C=O) groups excluding carboxylic acids is 1. The normalized spacial score (nSPS) is 10.1. The van der Waals surface area contributed by atoms with Gasteiger partial charge in [-0.1, -0.05) is 12.1 Å². The van der Waals surface area contributed by atoms with Gasteiger partial charge in [0.15, 0.2) is 0 Å². The summed E-state index contributed by atoms with van der Waals surface area (Å²) >= 11 is 0. The molecule has 0 aliphatic carbocycles. The number of benzene rings is 2. The maximum Gasteiger partial charge on any atom is 0.228 e. The highest BCUT2D eigenvalue weighted by Gasteiger charge is 2.10. The zero-order valence-electron chi connectivity index (χ0n) is 13.8. The number of aryl methyl sites for hydroxylation is 1. The van der Waals surface area contributed by atoms with Crippen molar-refractivity contribution in [2.45, 2.75) is 13.3 Å². The van der Waals surface area contributed by atoms with E-state index >= 15 is 0 Å². The Balaban J connectivity index is 2.09. The zero-order valence-corrected chi connectivity index (χ0v) is 13.8. The summed E-state index contributed by atoms with van der Waals surface area (Å²) in [5.74, 6) is 1.93.